The van der Waals surface area contributed by atoms with Crippen molar-refractivity contribution in [3.8, 4) is 0 Å². The number of cyclic esters (lactones) is 1. The molecule has 0 radical (unpaired) electrons. The van der Waals surface area contributed by atoms with Crippen molar-refractivity contribution in [3.05, 3.63) is 35.9 Å². The standard InChI is InChI=1S/C45H74N4O11/c1-28-23-45(9,55-14)38(59-40-36(33(46(10)11)22-29(2)57-40)58-39(52)31-18-16-15-17-19-31)30(3)37(51)44(7,8)41(53)56-27-34(48(13)24-28)32-25-49(26-32)35(50)20-21-47(12)42(54)60-43(4,5)6/h15-19,28-30,32-34,36-38,40,51H,20-27H2,1-14H3/t28-,29-,30+,33+,34+,36-,37?,38-,40+,45-/m1/s1. The summed E-state index contributed by atoms with van der Waals surface area (Å²) in [6, 6.07) is 8.33. The van der Waals surface area contributed by atoms with Gasteiger partial charge >= 0.3 is 18.0 Å². The summed E-state index contributed by atoms with van der Waals surface area (Å²) in [6.07, 6.45) is -3.42. The molecule has 3 aliphatic heterocycles. The maximum atomic E-state index is 14.0. The Bertz CT molecular complexity index is 1600. The molecule has 3 aliphatic rings. The number of likely N-dealkylation sites (N-methyl/N-ethyl adjacent to an activating group) is 2. The highest BCUT2D eigenvalue weighted by molar-refractivity contribution is 5.89. The number of hydrogen-bond acceptors (Lipinski definition) is 13. The highest BCUT2D eigenvalue weighted by Crippen LogP contribution is 2.41. The van der Waals surface area contributed by atoms with Gasteiger partial charge in [-0.05, 0) is 101 Å². The van der Waals surface area contributed by atoms with Gasteiger partial charge in [0.15, 0.2) is 12.4 Å². The summed E-state index contributed by atoms with van der Waals surface area (Å²) in [5, 5.41) is 12.2. The number of nitrogens with zero attached hydrogens (tertiary/aromatic N) is 4. The molecule has 2 amide bonds. The fourth-order valence-electron chi connectivity index (χ4n) is 8.93. The highest BCUT2D eigenvalue weighted by atomic mass is 16.7. The highest BCUT2D eigenvalue weighted by Gasteiger charge is 2.53. The lowest BCUT2D eigenvalue weighted by molar-refractivity contribution is -0.301. The maximum absolute atomic E-state index is 14.0. The summed E-state index contributed by atoms with van der Waals surface area (Å²) < 4.78 is 37.6. The van der Waals surface area contributed by atoms with Crippen LogP contribution in [0.25, 0.3) is 0 Å². The Balaban J connectivity index is 1.57. The summed E-state index contributed by atoms with van der Waals surface area (Å²) in [7, 11) is 9.10. The number of esters is 2. The number of carbonyl (C=O) groups is 4. The van der Waals surface area contributed by atoms with Crippen LogP contribution in [0.3, 0.4) is 0 Å². The van der Waals surface area contributed by atoms with Gasteiger partial charge in [-0.25, -0.2) is 9.59 Å². The largest absolute Gasteiger partial charge is 0.464 e. The first kappa shape index (κ1) is 49.3. The van der Waals surface area contributed by atoms with Crippen LogP contribution in [0.2, 0.25) is 0 Å². The first-order valence-electron chi connectivity index (χ1n) is 21.4. The quantitative estimate of drug-likeness (QED) is 0.256. The number of ether oxygens (including phenoxy) is 6. The van der Waals surface area contributed by atoms with Crippen LogP contribution in [0.5, 0.6) is 0 Å². The lowest BCUT2D eigenvalue weighted by Crippen LogP contribution is -2.61. The van der Waals surface area contributed by atoms with Gasteiger partial charge in [0.05, 0.1) is 40.9 Å². The van der Waals surface area contributed by atoms with Crippen LogP contribution >= 0.6 is 0 Å². The van der Waals surface area contributed by atoms with E-state index in [-0.39, 0.29) is 55.5 Å². The molecule has 10 atom stereocenters. The van der Waals surface area contributed by atoms with E-state index < -0.39 is 65.2 Å². The van der Waals surface area contributed by atoms with E-state index in [2.05, 4.69) is 11.8 Å². The first-order valence-corrected chi connectivity index (χ1v) is 21.4. The number of rotatable bonds is 10. The Kier molecular flexibility index (Phi) is 16.6. The molecule has 3 saturated heterocycles. The average Bonchev–Trinajstić information content (AvgIpc) is 3.15. The van der Waals surface area contributed by atoms with Crippen LogP contribution in [0, 0.1) is 23.2 Å². The molecule has 0 aromatic heterocycles. The van der Waals surface area contributed by atoms with E-state index in [9.17, 15) is 24.3 Å². The predicted molar refractivity (Wildman–Crippen MR) is 226 cm³/mol. The maximum Gasteiger partial charge on any atom is 0.410 e. The Morgan fingerprint density at radius 1 is 1.00 bits per heavy atom. The summed E-state index contributed by atoms with van der Waals surface area (Å²) in [6.45, 7) is 18.5. The lowest BCUT2D eigenvalue weighted by atomic mass is 9.73. The van der Waals surface area contributed by atoms with Crippen molar-refractivity contribution in [2.24, 2.45) is 23.2 Å². The molecule has 3 heterocycles. The summed E-state index contributed by atoms with van der Waals surface area (Å²) in [5.74, 6) is -1.77. The first-order chi connectivity index (χ1) is 27.9. The van der Waals surface area contributed by atoms with Crippen molar-refractivity contribution >= 4 is 23.9 Å². The SMILES string of the molecule is CO[C@]1(C)C[C@@H](C)CN(C)[C@H](C2CN(C(=O)CCN(C)C(=O)OC(C)(C)C)C2)COC(=O)C(C)(C)C(O)[C@H](C)[C@H]1O[C@@H]1O[C@H](C)C[C@H](N(C)C)[C@H]1OC(=O)c1ccccc1. The third kappa shape index (κ3) is 12.2. The number of methoxy groups -OCH3 is 1. The normalized spacial score (nSPS) is 32.4. The zero-order valence-electron chi connectivity index (χ0n) is 38.6. The molecule has 0 spiro atoms. The molecule has 1 aromatic rings. The molecule has 15 nitrogen and oxygen atoms in total. The molecule has 4 rings (SSSR count). The molecule has 3 fully saturated rings. The van der Waals surface area contributed by atoms with E-state index in [1.54, 1.807) is 77.9 Å². The van der Waals surface area contributed by atoms with Crippen molar-refractivity contribution in [1.29, 1.82) is 0 Å². The monoisotopic (exact) mass is 847 g/mol. The molecule has 15 heteroatoms. The van der Waals surface area contributed by atoms with Crippen molar-refractivity contribution in [3.63, 3.8) is 0 Å². The van der Waals surface area contributed by atoms with Crippen LogP contribution in [0.15, 0.2) is 30.3 Å². The van der Waals surface area contributed by atoms with Gasteiger partial charge in [-0.3, -0.25) is 14.5 Å². The van der Waals surface area contributed by atoms with Crippen molar-refractivity contribution in [2.45, 2.75) is 136 Å². The number of hydrogen-bond donors (Lipinski definition) is 1. The van der Waals surface area contributed by atoms with Gasteiger partial charge in [-0.15, -0.1) is 0 Å². The van der Waals surface area contributed by atoms with Gasteiger partial charge in [-0.2, -0.15) is 0 Å². The van der Waals surface area contributed by atoms with Crippen molar-refractivity contribution < 1.29 is 52.7 Å². The van der Waals surface area contributed by atoms with E-state index in [0.717, 1.165) is 0 Å². The van der Waals surface area contributed by atoms with Gasteiger partial charge in [0.1, 0.15) is 12.2 Å². The number of amides is 2. The molecule has 0 saturated carbocycles. The minimum Gasteiger partial charge on any atom is -0.464 e. The molecule has 0 bridgehead atoms. The van der Waals surface area contributed by atoms with Crippen molar-refractivity contribution in [1.82, 2.24) is 19.6 Å². The minimum absolute atomic E-state index is 0.0233. The molecular weight excluding hydrogens is 773 g/mol. The Morgan fingerprint density at radius 3 is 2.22 bits per heavy atom. The third-order valence-corrected chi connectivity index (χ3v) is 12.6. The van der Waals surface area contributed by atoms with Crippen LogP contribution in [0.1, 0.15) is 91.9 Å². The van der Waals surface area contributed by atoms with Crippen molar-refractivity contribution in [2.75, 3.05) is 68.1 Å². The summed E-state index contributed by atoms with van der Waals surface area (Å²) in [4.78, 5) is 60.6. The van der Waals surface area contributed by atoms with E-state index >= 15 is 0 Å². The second-order valence-electron chi connectivity index (χ2n) is 19.5. The fraction of sp³-hybridized carbons (Fsp3) is 0.778. The Labute approximate surface area is 358 Å². The average molecular weight is 847 g/mol. The number of benzene rings is 1. The molecule has 60 heavy (non-hydrogen) atoms. The topological polar surface area (TPSA) is 157 Å². The summed E-state index contributed by atoms with van der Waals surface area (Å²) >= 11 is 0. The molecular formula is C45H74N4O11. The molecule has 1 unspecified atom stereocenters. The molecule has 1 N–H and O–H groups in total. The second kappa shape index (κ2) is 20.2. The number of aliphatic hydroxyl groups excluding tert-OH is 1. The molecule has 0 aliphatic carbocycles. The van der Waals surface area contributed by atoms with Crippen LogP contribution in [-0.2, 0) is 38.0 Å². The second-order valence-corrected chi connectivity index (χ2v) is 19.5. The van der Waals surface area contributed by atoms with Crippen LogP contribution < -0.4 is 0 Å². The predicted octanol–water partition coefficient (Wildman–Crippen LogP) is 4.69. The number of carbonyl (C=O) groups excluding carboxylic acids is 4. The third-order valence-electron chi connectivity index (χ3n) is 12.6. The van der Waals surface area contributed by atoms with E-state index in [1.807, 2.05) is 52.9 Å². The summed E-state index contributed by atoms with van der Waals surface area (Å²) in [5.41, 5.74) is -2.61. The molecule has 340 valence electrons. The Hall–Kier alpha value is -3.34. The van der Waals surface area contributed by atoms with Gasteiger partial charge < -0.3 is 48.2 Å². The zero-order valence-corrected chi connectivity index (χ0v) is 38.6. The smallest absolute Gasteiger partial charge is 0.410 e. The zero-order chi connectivity index (χ0) is 44.9. The lowest BCUT2D eigenvalue weighted by Gasteiger charge is -2.49. The van der Waals surface area contributed by atoms with Gasteiger partial charge in [-0.1, -0.05) is 32.0 Å². The minimum atomic E-state index is -1.37. The van der Waals surface area contributed by atoms with Gasteiger partial charge in [0.25, 0.3) is 0 Å². The number of aliphatic hydroxyl groups is 1. The fourth-order valence-corrected chi connectivity index (χ4v) is 8.93. The van der Waals surface area contributed by atoms with E-state index in [1.165, 1.54) is 4.90 Å². The van der Waals surface area contributed by atoms with E-state index in [4.69, 9.17) is 28.4 Å². The van der Waals surface area contributed by atoms with Crippen LogP contribution in [-0.4, -0.2) is 171 Å². The van der Waals surface area contributed by atoms with E-state index in [0.29, 0.717) is 38.0 Å². The van der Waals surface area contributed by atoms with Gasteiger partial charge in [0, 0.05) is 64.6 Å². The van der Waals surface area contributed by atoms with Gasteiger partial charge in [0.2, 0.25) is 5.91 Å². The molecule has 1 aromatic carbocycles. The number of likely N-dealkylation sites (tertiary alicyclic amines) is 1. The van der Waals surface area contributed by atoms with Crippen LogP contribution in [0.4, 0.5) is 4.79 Å². The Morgan fingerprint density at radius 2 is 1.63 bits per heavy atom.